The van der Waals surface area contributed by atoms with Gasteiger partial charge in [0.1, 0.15) is 5.82 Å². The first kappa shape index (κ1) is 13.0. The molecule has 0 saturated heterocycles. The van der Waals surface area contributed by atoms with Crippen LogP contribution in [0.4, 0.5) is 18.9 Å². The number of anilines is 1. The molecule has 1 unspecified atom stereocenters. The van der Waals surface area contributed by atoms with Gasteiger partial charge in [0.25, 0.3) is 0 Å². The number of thiophene rings is 1. The van der Waals surface area contributed by atoms with Crippen LogP contribution < -0.4 is 5.32 Å². The molecule has 5 heteroatoms. The highest BCUT2D eigenvalue weighted by Crippen LogP contribution is 2.28. The average Bonchev–Trinajstić information content (AvgIpc) is 2.71. The van der Waals surface area contributed by atoms with Crippen LogP contribution in [0.5, 0.6) is 0 Å². The lowest BCUT2D eigenvalue weighted by atomic mass is 10.1. The Hall–Kier alpha value is -1.49. The minimum absolute atomic E-state index is 0.159. The highest BCUT2D eigenvalue weighted by Gasteiger charge is 2.15. The van der Waals surface area contributed by atoms with E-state index >= 15 is 0 Å². The summed E-state index contributed by atoms with van der Waals surface area (Å²) in [6.45, 7) is 3.76. The van der Waals surface area contributed by atoms with Crippen molar-refractivity contribution < 1.29 is 13.2 Å². The fourth-order valence-electron chi connectivity index (χ4n) is 1.79. The van der Waals surface area contributed by atoms with Crippen molar-refractivity contribution in [3.8, 4) is 0 Å². The Morgan fingerprint density at radius 2 is 1.94 bits per heavy atom. The molecule has 0 aliphatic heterocycles. The standard InChI is InChI=1S/C13H12F3NS/c1-7-3-4-18-13(7)8(2)17-11-6-9(14)5-10(15)12(11)16/h3-6,8,17H,1-2H3. The first-order valence-corrected chi connectivity index (χ1v) is 6.32. The third kappa shape index (κ3) is 2.51. The zero-order valence-electron chi connectivity index (χ0n) is 9.93. The second-order valence-electron chi connectivity index (χ2n) is 4.08. The van der Waals surface area contributed by atoms with E-state index in [0.29, 0.717) is 6.07 Å². The molecule has 0 saturated carbocycles. The minimum Gasteiger partial charge on any atom is -0.375 e. The fraction of sp³-hybridized carbons (Fsp3) is 0.231. The van der Waals surface area contributed by atoms with E-state index in [1.807, 2.05) is 25.3 Å². The summed E-state index contributed by atoms with van der Waals surface area (Å²) in [4.78, 5) is 1.01. The molecule has 1 heterocycles. The highest BCUT2D eigenvalue weighted by atomic mass is 32.1. The summed E-state index contributed by atoms with van der Waals surface area (Å²) in [5, 5.41) is 4.71. The van der Waals surface area contributed by atoms with E-state index in [9.17, 15) is 13.2 Å². The molecule has 0 aliphatic carbocycles. The smallest absolute Gasteiger partial charge is 0.182 e. The lowest BCUT2D eigenvalue weighted by Gasteiger charge is -2.16. The van der Waals surface area contributed by atoms with Gasteiger partial charge in [0.15, 0.2) is 11.6 Å². The van der Waals surface area contributed by atoms with Crippen LogP contribution in [0, 0.1) is 24.4 Å². The Balaban J connectivity index is 2.27. The number of nitrogens with one attached hydrogen (secondary N) is 1. The van der Waals surface area contributed by atoms with Crippen LogP contribution in [0.2, 0.25) is 0 Å². The van der Waals surface area contributed by atoms with Crippen LogP contribution in [0.25, 0.3) is 0 Å². The molecule has 0 spiro atoms. The Morgan fingerprint density at radius 1 is 1.22 bits per heavy atom. The van der Waals surface area contributed by atoms with Crippen molar-refractivity contribution in [2.45, 2.75) is 19.9 Å². The normalized spacial score (nSPS) is 12.5. The Morgan fingerprint density at radius 3 is 2.56 bits per heavy atom. The molecular formula is C13H12F3NS. The Kier molecular flexibility index (Phi) is 3.61. The number of aryl methyl sites for hydroxylation is 1. The molecule has 0 amide bonds. The quantitative estimate of drug-likeness (QED) is 0.801. The monoisotopic (exact) mass is 271 g/mol. The van der Waals surface area contributed by atoms with Gasteiger partial charge in [-0.25, -0.2) is 13.2 Å². The molecule has 0 radical (unpaired) electrons. The van der Waals surface area contributed by atoms with Crippen molar-refractivity contribution in [2.75, 3.05) is 5.32 Å². The summed E-state index contributed by atoms with van der Waals surface area (Å²) in [6, 6.07) is 3.22. The van der Waals surface area contributed by atoms with Gasteiger partial charge < -0.3 is 5.32 Å². The molecule has 1 aromatic heterocycles. The van der Waals surface area contributed by atoms with Crippen LogP contribution in [-0.4, -0.2) is 0 Å². The molecule has 1 atom stereocenters. The maximum Gasteiger partial charge on any atom is 0.182 e. The molecule has 0 bridgehead atoms. The van der Waals surface area contributed by atoms with E-state index in [1.54, 1.807) is 0 Å². The van der Waals surface area contributed by atoms with Crippen LogP contribution in [0.15, 0.2) is 23.6 Å². The zero-order valence-corrected chi connectivity index (χ0v) is 10.7. The van der Waals surface area contributed by atoms with E-state index in [2.05, 4.69) is 5.32 Å². The number of hydrogen-bond donors (Lipinski definition) is 1. The summed E-state index contributed by atoms with van der Waals surface area (Å²) in [6.07, 6.45) is 0. The molecule has 0 aliphatic rings. The predicted molar refractivity (Wildman–Crippen MR) is 67.4 cm³/mol. The van der Waals surface area contributed by atoms with E-state index in [-0.39, 0.29) is 11.7 Å². The summed E-state index contributed by atoms with van der Waals surface area (Å²) in [5.74, 6) is -3.04. The molecule has 1 aromatic carbocycles. The van der Waals surface area contributed by atoms with Crippen molar-refractivity contribution in [3.05, 3.63) is 51.5 Å². The predicted octanol–water partition coefficient (Wildman–Crippen LogP) is 4.65. The molecule has 1 N–H and O–H groups in total. The van der Waals surface area contributed by atoms with Crippen molar-refractivity contribution in [2.24, 2.45) is 0 Å². The summed E-state index contributed by atoms with van der Waals surface area (Å²) < 4.78 is 39.6. The molecule has 1 nitrogen and oxygen atoms in total. The molecule has 2 aromatic rings. The van der Waals surface area contributed by atoms with E-state index in [4.69, 9.17) is 0 Å². The second kappa shape index (κ2) is 5.02. The first-order chi connectivity index (χ1) is 8.49. The average molecular weight is 271 g/mol. The number of rotatable bonds is 3. The summed E-state index contributed by atoms with van der Waals surface area (Å²) >= 11 is 1.52. The minimum atomic E-state index is -1.19. The maximum absolute atomic E-state index is 13.5. The molecule has 96 valence electrons. The van der Waals surface area contributed by atoms with Crippen LogP contribution in [0.3, 0.4) is 0 Å². The van der Waals surface area contributed by atoms with Gasteiger partial charge in [-0.2, -0.15) is 0 Å². The lowest BCUT2D eigenvalue weighted by molar-refractivity contribution is 0.496. The third-order valence-electron chi connectivity index (χ3n) is 2.66. The van der Waals surface area contributed by atoms with Gasteiger partial charge in [-0.15, -0.1) is 11.3 Å². The third-order valence-corrected chi connectivity index (χ3v) is 3.86. The maximum atomic E-state index is 13.5. The SMILES string of the molecule is Cc1ccsc1C(C)Nc1cc(F)cc(F)c1F. The van der Waals surface area contributed by atoms with Crippen LogP contribution >= 0.6 is 11.3 Å². The van der Waals surface area contributed by atoms with Gasteiger partial charge in [0.05, 0.1) is 11.7 Å². The number of halogens is 3. The van der Waals surface area contributed by atoms with Crippen LogP contribution in [0.1, 0.15) is 23.4 Å². The van der Waals surface area contributed by atoms with Crippen molar-refractivity contribution in [1.29, 1.82) is 0 Å². The first-order valence-electron chi connectivity index (χ1n) is 5.44. The van der Waals surface area contributed by atoms with Crippen LogP contribution in [-0.2, 0) is 0 Å². The molecule has 2 rings (SSSR count). The topological polar surface area (TPSA) is 12.0 Å². The van der Waals surface area contributed by atoms with Crippen molar-refractivity contribution >= 4 is 17.0 Å². The lowest BCUT2D eigenvalue weighted by Crippen LogP contribution is -2.08. The van der Waals surface area contributed by atoms with Crippen molar-refractivity contribution in [3.63, 3.8) is 0 Å². The molecule has 18 heavy (non-hydrogen) atoms. The van der Waals surface area contributed by atoms with Gasteiger partial charge in [0.2, 0.25) is 0 Å². The van der Waals surface area contributed by atoms with Gasteiger partial charge in [0, 0.05) is 17.0 Å². The van der Waals surface area contributed by atoms with Gasteiger partial charge in [-0.3, -0.25) is 0 Å². The fourth-order valence-corrected chi connectivity index (χ4v) is 2.72. The Labute approximate surface area is 107 Å². The van der Waals surface area contributed by atoms with Gasteiger partial charge in [-0.1, -0.05) is 0 Å². The zero-order chi connectivity index (χ0) is 13.3. The number of hydrogen-bond acceptors (Lipinski definition) is 2. The van der Waals surface area contributed by atoms with E-state index < -0.39 is 17.5 Å². The molecule has 0 fully saturated rings. The summed E-state index contributed by atoms with van der Waals surface area (Å²) in [7, 11) is 0. The van der Waals surface area contributed by atoms with Gasteiger partial charge in [-0.05, 0) is 30.9 Å². The van der Waals surface area contributed by atoms with E-state index in [1.165, 1.54) is 11.3 Å². The van der Waals surface area contributed by atoms with E-state index in [0.717, 1.165) is 16.5 Å². The Bertz CT molecular complexity index is 565. The van der Waals surface area contributed by atoms with Crippen molar-refractivity contribution in [1.82, 2.24) is 0 Å². The number of benzene rings is 1. The molecular weight excluding hydrogens is 259 g/mol. The second-order valence-corrected chi connectivity index (χ2v) is 5.03. The highest BCUT2D eigenvalue weighted by molar-refractivity contribution is 7.10. The largest absolute Gasteiger partial charge is 0.375 e. The summed E-state index contributed by atoms with van der Waals surface area (Å²) in [5.41, 5.74) is 0.907. The van der Waals surface area contributed by atoms with Gasteiger partial charge >= 0.3 is 0 Å².